The largest absolute Gasteiger partial charge is 0.348 e. The normalized spacial score (nSPS) is 18.0. The first-order chi connectivity index (χ1) is 6.33. The van der Waals surface area contributed by atoms with Gasteiger partial charge in [0.1, 0.15) is 0 Å². The topological polar surface area (TPSA) is 3.24 Å². The van der Waals surface area contributed by atoms with Crippen LogP contribution in [-0.4, -0.2) is 12.9 Å². The molecule has 0 radical (unpaired) electrons. The van der Waals surface area contributed by atoms with E-state index in [-0.39, 0.29) is 0 Å². The number of para-hydroxylation sites is 1. The van der Waals surface area contributed by atoms with Gasteiger partial charge < -0.3 is 4.90 Å². The highest BCUT2D eigenvalue weighted by Gasteiger charge is 2.18. The summed E-state index contributed by atoms with van der Waals surface area (Å²) < 4.78 is 0. The lowest BCUT2D eigenvalue weighted by Crippen LogP contribution is -2.11. The molecule has 1 aliphatic heterocycles. The molecule has 1 aliphatic rings. The zero-order chi connectivity index (χ0) is 9.26. The van der Waals surface area contributed by atoms with E-state index >= 15 is 0 Å². The number of anilines is 1. The van der Waals surface area contributed by atoms with Gasteiger partial charge in [0.15, 0.2) is 0 Å². The summed E-state index contributed by atoms with van der Waals surface area (Å²) >= 11 is 5.69. The number of allylic oxidation sites excluding steroid dienone is 2. The molecule has 2 rings (SSSR count). The fourth-order valence-corrected chi connectivity index (χ4v) is 1.93. The molecule has 1 aromatic carbocycles. The van der Waals surface area contributed by atoms with Gasteiger partial charge in [-0.2, -0.15) is 0 Å². The summed E-state index contributed by atoms with van der Waals surface area (Å²) in [6, 6.07) is 8.46. The Bertz CT molecular complexity index is 344. The molecule has 0 fully saturated rings. The predicted molar refractivity (Wildman–Crippen MR) is 57.4 cm³/mol. The fourth-order valence-electron chi connectivity index (χ4n) is 1.75. The minimum Gasteiger partial charge on any atom is -0.348 e. The minimum absolute atomic E-state index is 0.591. The van der Waals surface area contributed by atoms with E-state index < -0.39 is 0 Å². The molecule has 68 valence electrons. The number of rotatable bonds is 1. The first kappa shape index (κ1) is 8.64. The van der Waals surface area contributed by atoms with Gasteiger partial charge in [0.2, 0.25) is 0 Å². The number of nitrogens with zero attached hydrogens (tertiary/aromatic N) is 1. The molecule has 0 N–H and O–H groups in total. The predicted octanol–water partition coefficient (Wildman–Crippen LogP) is 2.80. The van der Waals surface area contributed by atoms with Crippen LogP contribution in [0, 0.1) is 0 Å². The summed E-state index contributed by atoms with van der Waals surface area (Å²) in [7, 11) is 2.09. The van der Waals surface area contributed by atoms with Crippen molar-refractivity contribution in [3.8, 4) is 0 Å². The van der Waals surface area contributed by atoms with Crippen LogP contribution in [0.1, 0.15) is 5.56 Å². The Morgan fingerprint density at radius 2 is 2.23 bits per heavy atom. The lowest BCUT2D eigenvalue weighted by atomic mass is 10.1. The molecule has 0 unspecified atom stereocenters. The van der Waals surface area contributed by atoms with E-state index in [1.165, 1.54) is 16.9 Å². The van der Waals surface area contributed by atoms with E-state index in [1.807, 2.05) is 0 Å². The molecule has 1 nitrogen and oxygen atoms in total. The molecule has 0 saturated carbocycles. The average Bonchev–Trinajstić information content (AvgIpc) is 2.46. The second-order valence-electron chi connectivity index (χ2n) is 3.21. The Kier molecular flexibility index (Phi) is 2.28. The zero-order valence-electron chi connectivity index (χ0n) is 7.63. The maximum absolute atomic E-state index is 5.69. The summed E-state index contributed by atoms with van der Waals surface area (Å²) in [6.45, 7) is 0. The number of halogens is 1. The zero-order valence-corrected chi connectivity index (χ0v) is 8.38. The number of alkyl halides is 1. The summed E-state index contributed by atoms with van der Waals surface area (Å²) in [4.78, 5) is 2.21. The van der Waals surface area contributed by atoms with Crippen molar-refractivity contribution in [1.82, 2.24) is 0 Å². The number of benzene rings is 1. The van der Waals surface area contributed by atoms with Crippen LogP contribution in [0.15, 0.2) is 36.0 Å². The maximum atomic E-state index is 5.69. The quantitative estimate of drug-likeness (QED) is 0.620. The number of likely N-dealkylation sites (N-methyl/N-ethyl adjacent to an activating group) is 1. The third kappa shape index (κ3) is 1.44. The molecular weight excluding hydrogens is 182 g/mol. The fraction of sp³-hybridized carbons (Fsp3) is 0.273. The number of fused-ring (bicyclic) bond motifs is 1. The Balaban J connectivity index is 2.38. The van der Waals surface area contributed by atoms with Crippen molar-refractivity contribution in [1.29, 1.82) is 0 Å². The van der Waals surface area contributed by atoms with E-state index in [9.17, 15) is 0 Å². The van der Waals surface area contributed by atoms with Crippen molar-refractivity contribution in [2.24, 2.45) is 0 Å². The monoisotopic (exact) mass is 193 g/mol. The van der Waals surface area contributed by atoms with Crippen molar-refractivity contribution in [2.45, 2.75) is 6.42 Å². The highest BCUT2D eigenvalue weighted by molar-refractivity contribution is 6.19. The smallest absolute Gasteiger partial charge is 0.0442 e. The molecular formula is C11H12ClN. The van der Waals surface area contributed by atoms with E-state index in [0.717, 1.165) is 6.42 Å². The van der Waals surface area contributed by atoms with Gasteiger partial charge in [-0.05, 0) is 17.7 Å². The van der Waals surface area contributed by atoms with Gasteiger partial charge in [-0.15, -0.1) is 11.6 Å². The van der Waals surface area contributed by atoms with Gasteiger partial charge in [0, 0.05) is 30.7 Å². The molecule has 0 aromatic heterocycles. The SMILES string of the molecule is CN1/C(=C/CCl)Cc2ccccc21. The molecule has 0 bridgehead atoms. The van der Waals surface area contributed by atoms with E-state index in [4.69, 9.17) is 11.6 Å². The second kappa shape index (κ2) is 3.43. The Hall–Kier alpha value is -0.950. The van der Waals surface area contributed by atoms with Crippen LogP contribution in [0.2, 0.25) is 0 Å². The van der Waals surface area contributed by atoms with Crippen LogP contribution < -0.4 is 4.90 Å². The van der Waals surface area contributed by atoms with Gasteiger partial charge in [-0.1, -0.05) is 18.2 Å². The third-order valence-electron chi connectivity index (χ3n) is 2.47. The summed E-state index contributed by atoms with van der Waals surface area (Å²) in [5.74, 6) is 0.591. The summed E-state index contributed by atoms with van der Waals surface area (Å²) in [5.41, 5.74) is 4.00. The highest BCUT2D eigenvalue weighted by Crippen LogP contribution is 2.32. The molecule has 13 heavy (non-hydrogen) atoms. The Morgan fingerprint density at radius 3 is 2.92 bits per heavy atom. The van der Waals surface area contributed by atoms with Crippen molar-refractivity contribution in [3.05, 3.63) is 41.6 Å². The van der Waals surface area contributed by atoms with Crippen LogP contribution in [0.5, 0.6) is 0 Å². The van der Waals surface area contributed by atoms with Crippen molar-refractivity contribution < 1.29 is 0 Å². The molecule has 0 aliphatic carbocycles. The second-order valence-corrected chi connectivity index (χ2v) is 3.52. The van der Waals surface area contributed by atoms with Crippen molar-refractivity contribution >= 4 is 17.3 Å². The lowest BCUT2D eigenvalue weighted by molar-refractivity contribution is 1.09. The van der Waals surface area contributed by atoms with Crippen molar-refractivity contribution in [3.63, 3.8) is 0 Å². The molecule has 0 saturated heterocycles. The van der Waals surface area contributed by atoms with Gasteiger partial charge in [0.05, 0.1) is 0 Å². The summed E-state index contributed by atoms with van der Waals surface area (Å²) in [6.07, 6.45) is 3.08. The van der Waals surface area contributed by atoms with Gasteiger partial charge in [-0.3, -0.25) is 0 Å². The van der Waals surface area contributed by atoms with Gasteiger partial charge in [-0.25, -0.2) is 0 Å². The average molecular weight is 194 g/mol. The molecule has 0 amide bonds. The summed E-state index contributed by atoms with van der Waals surface area (Å²) in [5, 5.41) is 0. The van der Waals surface area contributed by atoms with Gasteiger partial charge in [0.25, 0.3) is 0 Å². The maximum Gasteiger partial charge on any atom is 0.0442 e. The Morgan fingerprint density at radius 1 is 1.46 bits per heavy atom. The van der Waals surface area contributed by atoms with Crippen LogP contribution in [0.25, 0.3) is 0 Å². The Labute approximate surface area is 83.6 Å². The number of hydrogen-bond acceptors (Lipinski definition) is 1. The van der Waals surface area contributed by atoms with E-state index in [1.54, 1.807) is 0 Å². The van der Waals surface area contributed by atoms with Crippen LogP contribution in [-0.2, 0) is 6.42 Å². The molecule has 0 spiro atoms. The van der Waals surface area contributed by atoms with E-state index in [2.05, 4.69) is 42.3 Å². The van der Waals surface area contributed by atoms with Crippen molar-refractivity contribution in [2.75, 3.05) is 17.8 Å². The van der Waals surface area contributed by atoms with Crippen LogP contribution >= 0.6 is 11.6 Å². The minimum atomic E-state index is 0.591. The van der Waals surface area contributed by atoms with E-state index in [0.29, 0.717) is 5.88 Å². The van der Waals surface area contributed by atoms with Crippen LogP contribution in [0.3, 0.4) is 0 Å². The highest BCUT2D eigenvalue weighted by atomic mass is 35.5. The molecule has 0 atom stereocenters. The van der Waals surface area contributed by atoms with Gasteiger partial charge >= 0.3 is 0 Å². The third-order valence-corrected chi connectivity index (χ3v) is 2.62. The first-order valence-electron chi connectivity index (χ1n) is 4.39. The number of hydrogen-bond donors (Lipinski definition) is 0. The van der Waals surface area contributed by atoms with Crippen LogP contribution in [0.4, 0.5) is 5.69 Å². The standard InChI is InChI=1S/C11H12ClN/c1-13-10(6-7-12)8-9-4-2-3-5-11(9)13/h2-6H,7-8H2,1H3/b10-6+. The molecule has 2 heteroatoms. The molecule has 1 aromatic rings. The first-order valence-corrected chi connectivity index (χ1v) is 4.93. The molecule has 1 heterocycles. The lowest BCUT2D eigenvalue weighted by Gasteiger charge is -2.13.